The fourth-order valence-corrected chi connectivity index (χ4v) is 2.78. The van der Waals surface area contributed by atoms with E-state index in [1.54, 1.807) is 0 Å². The second kappa shape index (κ2) is 5.71. The lowest BCUT2D eigenvalue weighted by atomic mass is 10.1. The van der Waals surface area contributed by atoms with Crippen molar-refractivity contribution in [3.8, 4) is 22.5 Å². The number of hydrogen-bond donors (Lipinski definition) is 1. The first-order chi connectivity index (χ1) is 11.3. The van der Waals surface area contributed by atoms with Gasteiger partial charge in [0.2, 0.25) is 0 Å². The molecule has 3 heteroatoms. The zero-order valence-corrected chi connectivity index (χ0v) is 12.6. The molecule has 112 valence electrons. The van der Waals surface area contributed by atoms with Crippen LogP contribution in [0.5, 0.6) is 0 Å². The van der Waals surface area contributed by atoms with Gasteiger partial charge in [-0.1, -0.05) is 48.5 Å². The molecule has 0 saturated heterocycles. The van der Waals surface area contributed by atoms with Crippen molar-refractivity contribution in [1.82, 2.24) is 4.98 Å². The van der Waals surface area contributed by atoms with E-state index in [-0.39, 0.29) is 0 Å². The fourth-order valence-electron chi connectivity index (χ4n) is 2.78. The van der Waals surface area contributed by atoms with Crippen LogP contribution in [0, 0.1) is 0 Å². The largest absolute Gasteiger partial charge is 0.454 e. The normalized spacial score (nSPS) is 11.0. The molecule has 3 nitrogen and oxygen atoms in total. The number of fused-ring (bicyclic) bond motifs is 1. The highest BCUT2D eigenvalue weighted by molar-refractivity contribution is 5.92. The average Bonchev–Trinajstić information content (AvgIpc) is 3.07. The summed E-state index contributed by atoms with van der Waals surface area (Å²) in [4.78, 5) is 4.44. The van der Waals surface area contributed by atoms with Crippen LogP contribution in [-0.2, 0) is 6.54 Å². The third-order valence-corrected chi connectivity index (χ3v) is 3.94. The van der Waals surface area contributed by atoms with Crippen LogP contribution < -0.4 is 5.73 Å². The summed E-state index contributed by atoms with van der Waals surface area (Å²) in [6, 6.07) is 22.3. The van der Waals surface area contributed by atoms with Gasteiger partial charge in [-0.3, -0.25) is 4.98 Å². The number of aromatic nitrogens is 1. The Morgan fingerprint density at radius 3 is 2.52 bits per heavy atom. The molecular formula is C20H16N2O. The molecule has 2 aromatic heterocycles. The standard InChI is InChI=1S/C20H16N2O/c21-13-14-5-4-8-16(11-14)19-12-18-20(23-19)17(9-10-22-18)15-6-2-1-3-7-15/h1-12H,13,21H2. The van der Waals surface area contributed by atoms with Gasteiger partial charge in [0.15, 0.2) is 5.58 Å². The van der Waals surface area contributed by atoms with Gasteiger partial charge >= 0.3 is 0 Å². The van der Waals surface area contributed by atoms with Crippen molar-refractivity contribution in [1.29, 1.82) is 0 Å². The molecule has 0 atom stereocenters. The van der Waals surface area contributed by atoms with Gasteiger partial charge in [0.25, 0.3) is 0 Å². The van der Waals surface area contributed by atoms with Gasteiger partial charge in [-0.15, -0.1) is 0 Å². The average molecular weight is 300 g/mol. The van der Waals surface area contributed by atoms with Crippen molar-refractivity contribution in [3.63, 3.8) is 0 Å². The number of benzene rings is 2. The molecular weight excluding hydrogens is 284 g/mol. The van der Waals surface area contributed by atoms with E-state index >= 15 is 0 Å². The molecule has 0 fully saturated rings. The van der Waals surface area contributed by atoms with E-state index in [1.165, 1.54) is 0 Å². The summed E-state index contributed by atoms with van der Waals surface area (Å²) in [5.41, 5.74) is 11.7. The number of pyridine rings is 1. The Labute approximate surface area is 134 Å². The number of hydrogen-bond acceptors (Lipinski definition) is 3. The molecule has 2 heterocycles. The zero-order valence-electron chi connectivity index (χ0n) is 12.6. The molecule has 0 spiro atoms. The topological polar surface area (TPSA) is 52.0 Å². The smallest absolute Gasteiger partial charge is 0.161 e. The van der Waals surface area contributed by atoms with Crippen molar-refractivity contribution in [3.05, 3.63) is 78.5 Å². The van der Waals surface area contributed by atoms with Crippen LogP contribution in [0.4, 0.5) is 0 Å². The van der Waals surface area contributed by atoms with Gasteiger partial charge in [0, 0.05) is 29.9 Å². The maximum absolute atomic E-state index is 6.14. The van der Waals surface area contributed by atoms with Gasteiger partial charge in [0.1, 0.15) is 11.3 Å². The molecule has 23 heavy (non-hydrogen) atoms. The van der Waals surface area contributed by atoms with E-state index < -0.39 is 0 Å². The van der Waals surface area contributed by atoms with E-state index in [0.29, 0.717) is 6.54 Å². The Bertz CT molecular complexity index is 958. The number of nitrogens with zero attached hydrogens (tertiary/aromatic N) is 1. The summed E-state index contributed by atoms with van der Waals surface area (Å²) < 4.78 is 6.14. The zero-order chi connectivity index (χ0) is 15.6. The molecule has 0 aliphatic rings. The van der Waals surface area contributed by atoms with Crippen LogP contribution in [0.15, 0.2) is 77.3 Å². The molecule has 0 bridgehead atoms. The molecule has 0 aliphatic carbocycles. The molecule has 4 aromatic rings. The number of nitrogens with two attached hydrogens (primary N) is 1. The van der Waals surface area contributed by atoms with Crippen LogP contribution in [0.1, 0.15) is 5.56 Å². The van der Waals surface area contributed by atoms with Crippen molar-refractivity contribution in [2.75, 3.05) is 0 Å². The van der Waals surface area contributed by atoms with Gasteiger partial charge < -0.3 is 10.2 Å². The van der Waals surface area contributed by atoms with Crippen LogP contribution >= 0.6 is 0 Å². The minimum absolute atomic E-state index is 0.515. The van der Waals surface area contributed by atoms with Crippen molar-refractivity contribution >= 4 is 11.1 Å². The molecule has 2 aromatic carbocycles. The SMILES string of the molecule is NCc1cccc(-c2cc3nccc(-c4ccccc4)c3o2)c1. The molecule has 0 saturated carbocycles. The number of furan rings is 1. The lowest BCUT2D eigenvalue weighted by molar-refractivity contribution is 0.632. The second-order valence-corrected chi connectivity index (χ2v) is 5.45. The maximum Gasteiger partial charge on any atom is 0.161 e. The summed E-state index contributed by atoms with van der Waals surface area (Å²) in [6.07, 6.45) is 1.82. The van der Waals surface area contributed by atoms with E-state index in [0.717, 1.165) is 39.1 Å². The molecule has 0 aliphatic heterocycles. The monoisotopic (exact) mass is 300 g/mol. The van der Waals surface area contributed by atoms with Crippen molar-refractivity contribution < 1.29 is 4.42 Å². The Morgan fingerprint density at radius 2 is 1.70 bits per heavy atom. The van der Waals surface area contributed by atoms with E-state index in [9.17, 15) is 0 Å². The van der Waals surface area contributed by atoms with Crippen molar-refractivity contribution in [2.24, 2.45) is 5.73 Å². The van der Waals surface area contributed by atoms with Crippen LogP contribution in [0.3, 0.4) is 0 Å². The Kier molecular flexibility index (Phi) is 3.41. The summed E-state index contributed by atoms with van der Waals surface area (Å²) in [5.74, 6) is 0.811. The van der Waals surface area contributed by atoms with E-state index in [1.807, 2.05) is 54.7 Å². The first-order valence-electron chi connectivity index (χ1n) is 7.58. The first-order valence-corrected chi connectivity index (χ1v) is 7.58. The van der Waals surface area contributed by atoms with E-state index in [2.05, 4.69) is 23.2 Å². The fraction of sp³-hybridized carbons (Fsp3) is 0.0500. The van der Waals surface area contributed by atoms with Crippen LogP contribution in [0.25, 0.3) is 33.6 Å². The van der Waals surface area contributed by atoms with Gasteiger partial charge in [-0.25, -0.2) is 0 Å². The summed E-state index contributed by atoms with van der Waals surface area (Å²) >= 11 is 0. The lowest BCUT2D eigenvalue weighted by Crippen LogP contribution is -1.95. The molecule has 0 radical (unpaired) electrons. The number of rotatable bonds is 3. The van der Waals surface area contributed by atoms with Gasteiger partial charge in [-0.05, 0) is 23.3 Å². The molecule has 0 unspecified atom stereocenters. The Hall–Kier alpha value is -2.91. The Morgan fingerprint density at radius 1 is 0.870 bits per heavy atom. The summed E-state index contributed by atoms with van der Waals surface area (Å²) in [6.45, 7) is 0.515. The van der Waals surface area contributed by atoms with E-state index in [4.69, 9.17) is 10.2 Å². The second-order valence-electron chi connectivity index (χ2n) is 5.45. The predicted octanol–water partition coefficient (Wildman–Crippen LogP) is 4.62. The highest BCUT2D eigenvalue weighted by Crippen LogP contribution is 2.33. The van der Waals surface area contributed by atoms with Crippen LogP contribution in [-0.4, -0.2) is 4.98 Å². The highest BCUT2D eigenvalue weighted by atomic mass is 16.3. The first kappa shape index (κ1) is 13.7. The van der Waals surface area contributed by atoms with Gasteiger partial charge in [-0.2, -0.15) is 0 Å². The summed E-state index contributed by atoms with van der Waals surface area (Å²) in [5, 5.41) is 0. The minimum Gasteiger partial charge on any atom is -0.454 e. The third kappa shape index (κ3) is 2.51. The van der Waals surface area contributed by atoms with Gasteiger partial charge in [0.05, 0.1) is 0 Å². The quantitative estimate of drug-likeness (QED) is 0.600. The predicted molar refractivity (Wildman–Crippen MR) is 92.8 cm³/mol. The Balaban J connectivity index is 1.88. The maximum atomic E-state index is 6.14. The van der Waals surface area contributed by atoms with Crippen LogP contribution in [0.2, 0.25) is 0 Å². The lowest BCUT2D eigenvalue weighted by Gasteiger charge is -2.02. The third-order valence-electron chi connectivity index (χ3n) is 3.94. The molecule has 4 rings (SSSR count). The molecule has 0 amide bonds. The molecule has 2 N–H and O–H groups in total. The van der Waals surface area contributed by atoms with Crippen molar-refractivity contribution in [2.45, 2.75) is 6.54 Å². The minimum atomic E-state index is 0.515. The highest BCUT2D eigenvalue weighted by Gasteiger charge is 2.12. The summed E-state index contributed by atoms with van der Waals surface area (Å²) in [7, 11) is 0.